The number of aromatic hydroxyl groups is 4. The third-order valence-electron chi connectivity index (χ3n) is 2.69. The van der Waals surface area contributed by atoms with Gasteiger partial charge in [-0.1, -0.05) is 12.1 Å². The molecule has 0 unspecified atom stereocenters. The van der Waals surface area contributed by atoms with Gasteiger partial charge in [0, 0.05) is 25.0 Å². The van der Waals surface area contributed by atoms with E-state index in [1.807, 2.05) is 0 Å². The Morgan fingerprint density at radius 1 is 0.615 bits per heavy atom. The van der Waals surface area contributed by atoms with Gasteiger partial charge in [-0.25, -0.2) is 0 Å². The molecule has 0 spiro atoms. The summed E-state index contributed by atoms with van der Waals surface area (Å²) in [6, 6.07) is 11.7. The fourth-order valence-electron chi connectivity index (χ4n) is 1.54. The molecular formula is C18H22O8. The van der Waals surface area contributed by atoms with Gasteiger partial charge in [-0.3, -0.25) is 9.59 Å². The van der Waals surface area contributed by atoms with Gasteiger partial charge in [0.05, 0.1) is 0 Å². The first-order valence-corrected chi connectivity index (χ1v) is 7.60. The second-order valence-corrected chi connectivity index (χ2v) is 5.03. The lowest BCUT2D eigenvalue weighted by Gasteiger charge is -1.92. The highest BCUT2D eigenvalue weighted by Crippen LogP contribution is 2.15. The topological polar surface area (TPSA) is 156 Å². The Bertz CT molecular complexity index is 590. The van der Waals surface area contributed by atoms with Gasteiger partial charge in [0.1, 0.15) is 23.0 Å². The van der Waals surface area contributed by atoms with Gasteiger partial charge in [0.2, 0.25) is 0 Å². The Hall–Kier alpha value is -3.42. The third kappa shape index (κ3) is 14.2. The van der Waals surface area contributed by atoms with E-state index in [9.17, 15) is 9.59 Å². The summed E-state index contributed by atoms with van der Waals surface area (Å²) in [5.41, 5.74) is 0. The van der Waals surface area contributed by atoms with Crippen LogP contribution in [-0.4, -0.2) is 42.6 Å². The Labute approximate surface area is 150 Å². The highest BCUT2D eigenvalue weighted by atomic mass is 16.4. The first-order chi connectivity index (χ1) is 12.2. The molecule has 0 aliphatic heterocycles. The Balaban J connectivity index is 0.000000363. The van der Waals surface area contributed by atoms with E-state index >= 15 is 0 Å². The van der Waals surface area contributed by atoms with Crippen LogP contribution >= 0.6 is 0 Å². The van der Waals surface area contributed by atoms with Gasteiger partial charge in [-0.15, -0.1) is 0 Å². The van der Waals surface area contributed by atoms with Crippen LogP contribution in [0.25, 0.3) is 0 Å². The first kappa shape index (κ1) is 22.6. The summed E-state index contributed by atoms with van der Waals surface area (Å²) in [5, 5.41) is 50.9. The van der Waals surface area contributed by atoms with E-state index in [0.29, 0.717) is 12.8 Å². The van der Waals surface area contributed by atoms with Crippen molar-refractivity contribution in [3.05, 3.63) is 48.5 Å². The van der Waals surface area contributed by atoms with Crippen LogP contribution in [0.5, 0.6) is 23.0 Å². The van der Waals surface area contributed by atoms with Gasteiger partial charge in [-0.05, 0) is 37.1 Å². The van der Waals surface area contributed by atoms with Crippen LogP contribution in [0.4, 0.5) is 0 Å². The minimum absolute atomic E-state index is 0.0628. The van der Waals surface area contributed by atoms with Crippen LogP contribution in [0.3, 0.4) is 0 Å². The van der Waals surface area contributed by atoms with Crippen molar-refractivity contribution in [3.8, 4) is 23.0 Å². The van der Waals surface area contributed by atoms with E-state index in [1.54, 1.807) is 12.1 Å². The van der Waals surface area contributed by atoms with E-state index in [1.165, 1.54) is 36.4 Å². The zero-order valence-electron chi connectivity index (χ0n) is 13.9. The highest BCUT2D eigenvalue weighted by Gasteiger charge is 1.99. The summed E-state index contributed by atoms with van der Waals surface area (Å²) < 4.78 is 0. The normalized spacial score (nSPS) is 9.08. The summed E-state index contributed by atoms with van der Waals surface area (Å²) in [6.07, 6.45) is 1.02. The molecule has 0 amide bonds. The highest BCUT2D eigenvalue weighted by molar-refractivity contribution is 5.67. The molecule has 0 aromatic heterocycles. The molecule has 2 rings (SSSR count). The van der Waals surface area contributed by atoms with Crippen LogP contribution in [0.15, 0.2) is 48.5 Å². The van der Waals surface area contributed by atoms with E-state index in [2.05, 4.69) is 0 Å². The molecule has 0 saturated carbocycles. The molecule has 0 saturated heterocycles. The van der Waals surface area contributed by atoms with Crippen LogP contribution in [0, 0.1) is 0 Å². The Kier molecular flexibility index (Phi) is 11.2. The molecule has 0 aliphatic carbocycles. The summed E-state index contributed by atoms with van der Waals surface area (Å²) in [6.45, 7) is 0. The van der Waals surface area contributed by atoms with Crippen LogP contribution in [0.1, 0.15) is 25.7 Å². The smallest absolute Gasteiger partial charge is 0.303 e. The van der Waals surface area contributed by atoms with Crippen LogP contribution < -0.4 is 0 Å². The molecule has 6 N–H and O–H groups in total. The second kappa shape index (κ2) is 12.9. The summed E-state index contributed by atoms with van der Waals surface area (Å²) in [5.74, 6) is -1.39. The molecule has 0 fully saturated rings. The van der Waals surface area contributed by atoms with Crippen molar-refractivity contribution in [1.82, 2.24) is 0 Å². The largest absolute Gasteiger partial charge is 0.508 e. The number of carbonyl (C=O) groups is 2. The second-order valence-electron chi connectivity index (χ2n) is 5.03. The molecule has 0 aliphatic rings. The predicted molar refractivity (Wildman–Crippen MR) is 93.3 cm³/mol. The molecule has 0 atom stereocenters. The van der Waals surface area contributed by atoms with Gasteiger partial charge in [-0.2, -0.15) is 0 Å². The Morgan fingerprint density at radius 2 is 0.885 bits per heavy atom. The minimum atomic E-state index is -0.870. The van der Waals surface area contributed by atoms with Gasteiger partial charge in [0.15, 0.2) is 0 Å². The lowest BCUT2D eigenvalue weighted by molar-refractivity contribution is -0.139. The van der Waals surface area contributed by atoms with Crippen molar-refractivity contribution < 1.29 is 40.2 Å². The van der Waals surface area contributed by atoms with Gasteiger partial charge < -0.3 is 30.6 Å². The average Bonchev–Trinajstić information content (AvgIpc) is 2.52. The third-order valence-corrected chi connectivity index (χ3v) is 2.69. The average molecular weight is 366 g/mol. The maximum atomic E-state index is 9.90. The first-order valence-electron chi connectivity index (χ1n) is 7.60. The fraction of sp³-hybridized carbons (Fsp3) is 0.222. The van der Waals surface area contributed by atoms with E-state index in [4.69, 9.17) is 30.6 Å². The van der Waals surface area contributed by atoms with E-state index in [0.717, 1.165) is 0 Å². The lowest BCUT2D eigenvalue weighted by atomic mass is 10.2. The van der Waals surface area contributed by atoms with Crippen molar-refractivity contribution in [2.45, 2.75) is 25.7 Å². The van der Waals surface area contributed by atoms with Crippen molar-refractivity contribution >= 4 is 11.9 Å². The quantitative estimate of drug-likeness (QED) is 0.441. The molecule has 0 bridgehead atoms. The van der Waals surface area contributed by atoms with Gasteiger partial charge >= 0.3 is 11.9 Å². The lowest BCUT2D eigenvalue weighted by Crippen LogP contribution is -1.97. The minimum Gasteiger partial charge on any atom is -0.508 e. The number of rotatable bonds is 5. The fourth-order valence-corrected chi connectivity index (χ4v) is 1.54. The molecule has 2 aromatic rings. The Morgan fingerprint density at radius 3 is 1.04 bits per heavy atom. The van der Waals surface area contributed by atoms with Gasteiger partial charge in [0.25, 0.3) is 0 Å². The maximum Gasteiger partial charge on any atom is 0.303 e. The number of benzene rings is 2. The SMILES string of the molecule is O=C(O)CCCCC(=O)O.Oc1cccc(O)c1.Oc1cccc(O)c1. The van der Waals surface area contributed by atoms with Crippen LogP contribution in [0.2, 0.25) is 0 Å². The number of aliphatic carboxylic acids is 2. The number of carboxylic acid groups (broad SMARTS) is 2. The molecule has 8 heteroatoms. The van der Waals surface area contributed by atoms with E-state index < -0.39 is 11.9 Å². The van der Waals surface area contributed by atoms with Crippen molar-refractivity contribution in [3.63, 3.8) is 0 Å². The van der Waals surface area contributed by atoms with Crippen molar-refractivity contribution in [2.75, 3.05) is 0 Å². The molecule has 26 heavy (non-hydrogen) atoms. The van der Waals surface area contributed by atoms with Crippen molar-refractivity contribution in [2.24, 2.45) is 0 Å². The number of unbranched alkanes of at least 4 members (excludes halogenated alkanes) is 1. The van der Waals surface area contributed by atoms with Crippen molar-refractivity contribution in [1.29, 1.82) is 0 Å². The predicted octanol–water partition coefficient (Wildman–Crippen LogP) is 2.91. The summed E-state index contributed by atoms with van der Waals surface area (Å²) in [4.78, 5) is 19.8. The summed E-state index contributed by atoms with van der Waals surface area (Å²) >= 11 is 0. The molecule has 142 valence electrons. The number of hydrogen-bond donors (Lipinski definition) is 6. The van der Waals surface area contributed by atoms with E-state index in [-0.39, 0.29) is 35.8 Å². The number of phenols is 4. The monoisotopic (exact) mass is 366 g/mol. The maximum absolute atomic E-state index is 9.90. The van der Waals surface area contributed by atoms with Crippen LogP contribution in [-0.2, 0) is 9.59 Å². The zero-order chi connectivity index (χ0) is 19.9. The summed E-state index contributed by atoms with van der Waals surface area (Å²) in [7, 11) is 0. The molecular weight excluding hydrogens is 344 g/mol. The number of carboxylic acids is 2. The number of phenolic OH excluding ortho intramolecular Hbond substituents is 4. The molecule has 2 aromatic carbocycles. The standard InChI is InChI=1S/C6H10O4.2C6H6O2/c7-5(8)3-1-2-4-6(9)10;2*7-5-2-1-3-6(8)4-5/h1-4H2,(H,7,8)(H,9,10);2*1-4,7-8H. The molecule has 8 nitrogen and oxygen atoms in total. The number of hydrogen-bond acceptors (Lipinski definition) is 6. The molecule has 0 radical (unpaired) electrons. The zero-order valence-corrected chi connectivity index (χ0v) is 13.9. The molecule has 0 heterocycles.